The summed E-state index contributed by atoms with van der Waals surface area (Å²) in [7, 11) is 1.65. The molecule has 0 saturated carbocycles. The fourth-order valence-electron chi connectivity index (χ4n) is 1.27. The van der Waals surface area contributed by atoms with Crippen LogP contribution in [-0.2, 0) is 9.53 Å². The van der Waals surface area contributed by atoms with Gasteiger partial charge in [-0.1, -0.05) is 12.1 Å². The molecule has 0 heterocycles. The van der Waals surface area contributed by atoms with Gasteiger partial charge in [0.25, 0.3) is 0 Å². The molecule has 1 rings (SSSR count). The normalized spacial score (nSPS) is 10.6. The fraction of sp³-hybridized carbons (Fsp3) is 0.308. The van der Waals surface area contributed by atoms with Crippen LogP contribution in [0.5, 0.6) is 5.75 Å². The number of aliphatic carboxylic acids is 1. The minimum absolute atomic E-state index is 0.583. The molecule has 1 aromatic rings. The fourth-order valence-corrected chi connectivity index (χ4v) is 1.27. The van der Waals surface area contributed by atoms with Crippen molar-refractivity contribution < 1.29 is 19.4 Å². The molecule has 0 aliphatic rings. The highest BCUT2D eigenvalue weighted by Crippen LogP contribution is 2.14. The first-order valence-corrected chi connectivity index (χ1v) is 5.35. The maximum atomic E-state index is 10.4. The molecular weight excluding hydrogens is 220 g/mol. The summed E-state index contributed by atoms with van der Waals surface area (Å²) >= 11 is 0. The quantitative estimate of drug-likeness (QED) is 0.582. The maximum Gasteiger partial charge on any atom is 0.328 e. The summed E-state index contributed by atoms with van der Waals surface area (Å²) in [4.78, 5) is 10.4. The average molecular weight is 236 g/mol. The predicted molar refractivity (Wildman–Crippen MR) is 65.1 cm³/mol. The number of methoxy groups -OCH3 is 1. The van der Waals surface area contributed by atoms with Gasteiger partial charge >= 0.3 is 5.97 Å². The summed E-state index contributed by atoms with van der Waals surface area (Å²) in [5.41, 5.74) is 0.802. The lowest BCUT2D eigenvalue weighted by molar-refractivity contribution is -0.131. The highest BCUT2D eigenvalue weighted by molar-refractivity contribution is 5.85. The lowest BCUT2D eigenvalue weighted by Crippen LogP contribution is -2.01. The highest BCUT2D eigenvalue weighted by Gasteiger charge is 1.95. The molecule has 0 radical (unpaired) electrons. The highest BCUT2D eigenvalue weighted by atomic mass is 16.5. The number of carboxylic acid groups (broad SMARTS) is 1. The number of benzene rings is 1. The van der Waals surface area contributed by atoms with E-state index in [2.05, 4.69) is 0 Å². The Morgan fingerprint density at radius 1 is 1.41 bits per heavy atom. The van der Waals surface area contributed by atoms with E-state index in [0.717, 1.165) is 23.8 Å². The predicted octanol–water partition coefficient (Wildman–Crippen LogP) is 2.20. The van der Waals surface area contributed by atoms with E-state index >= 15 is 0 Å². The van der Waals surface area contributed by atoms with Crippen molar-refractivity contribution in [3.05, 3.63) is 35.9 Å². The van der Waals surface area contributed by atoms with Crippen LogP contribution in [0.3, 0.4) is 0 Å². The third-order valence-corrected chi connectivity index (χ3v) is 2.04. The van der Waals surface area contributed by atoms with E-state index in [1.165, 1.54) is 6.08 Å². The number of hydrogen-bond donors (Lipinski definition) is 1. The molecule has 0 aliphatic heterocycles. The van der Waals surface area contributed by atoms with E-state index in [9.17, 15) is 4.79 Å². The monoisotopic (exact) mass is 236 g/mol. The summed E-state index contributed by atoms with van der Waals surface area (Å²) in [5.74, 6) is -0.231. The van der Waals surface area contributed by atoms with Crippen LogP contribution in [0.2, 0.25) is 0 Å². The number of ether oxygens (including phenoxy) is 2. The van der Waals surface area contributed by atoms with Crippen molar-refractivity contribution in [3.8, 4) is 5.75 Å². The van der Waals surface area contributed by atoms with Gasteiger partial charge in [-0.2, -0.15) is 0 Å². The van der Waals surface area contributed by atoms with E-state index in [1.807, 2.05) is 18.2 Å². The van der Waals surface area contributed by atoms with Gasteiger partial charge in [-0.3, -0.25) is 0 Å². The second-order valence-electron chi connectivity index (χ2n) is 3.44. The van der Waals surface area contributed by atoms with Crippen molar-refractivity contribution in [1.82, 2.24) is 0 Å². The standard InChI is InChI=1S/C13H16O4/c1-16-8-3-9-17-12-5-2-4-11(10-12)6-7-13(14)15/h2,4-7,10H,3,8-9H2,1H3,(H,14,15)/b7-6+. The topological polar surface area (TPSA) is 55.8 Å². The van der Waals surface area contributed by atoms with Crippen molar-refractivity contribution in [2.45, 2.75) is 6.42 Å². The third-order valence-electron chi connectivity index (χ3n) is 2.04. The molecule has 0 spiro atoms. The van der Waals surface area contributed by atoms with Gasteiger partial charge in [0.15, 0.2) is 0 Å². The summed E-state index contributed by atoms with van der Waals surface area (Å²) < 4.78 is 10.4. The molecule has 92 valence electrons. The van der Waals surface area contributed by atoms with Crippen molar-refractivity contribution >= 4 is 12.0 Å². The SMILES string of the molecule is COCCCOc1cccc(/C=C/C(=O)O)c1. The van der Waals surface area contributed by atoms with Crippen LogP contribution in [0, 0.1) is 0 Å². The Morgan fingerprint density at radius 3 is 2.94 bits per heavy atom. The second-order valence-corrected chi connectivity index (χ2v) is 3.44. The number of carboxylic acids is 1. The summed E-state index contributed by atoms with van der Waals surface area (Å²) in [6.45, 7) is 1.25. The van der Waals surface area contributed by atoms with E-state index in [4.69, 9.17) is 14.6 Å². The molecule has 0 unspecified atom stereocenters. The van der Waals surface area contributed by atoms with Gasteiger partial charge in [-0.25, -0.2) is 4.79 Å². The summed E-state index contributed by atoms with van der Waals surface area (Å²) in [6.07, 6.45) is 3.46. The lowest BCUT2D eigenvalue weighted by atomic mass is 10.2. The van der Waals surface area contributed by atoms with Gasteiger partial charge in [0.1, 0.15) is 5.75 Å². The maximum absolute atomic E-state index is 10.4. The van der Waals surface area contributed by atoms with Crippen molar-refractivity contribution in [3.63, 3.8) is 0 Å². The number of carbonyl (C=O) groups is 1. The van der Waals surface area contributed by atoms with E-state index in [1.54, 1.807) is 13.2 Å². The van der Waals surface area contributed by atoms with Crippen LogP contribution in [0.25, 0.3) is 6.08 Å². The van der Waals surface area contributed by atoms with Gasteiger partial charge in [0, 0.05) is 26.2 Å². The molecule has 0 aliphatic carbocycles. The molecule has 0 saturated heterocycles. The molecule has 17 heavy (non-hydrogen) atoms. The van der Waals surface area contributed by atoms with Crippen LogP contribution in [0.4, 0.5) is 0 Å². The molecule has 0 atom stereocenters. The molecule has 0 bridgehead atoms. The zero-order valence-electron chi connectivity index (χ0n) is 9.76. The summed E-state index contributed by atoms with van der Waals surface area (Å²) in [6, 6.07) is 7.28. The van der Waals surface area contributed by atoms with E-state index in [0.29, 0.717) is 13.2 Å². The smallest absolute Gasteiger partial charge is 0.328 e. The minimum Gasteiger partial charge on any atom is -0.493 e. The Bertz CT molecular complexity index is 385. The van der Waals surface area contributed by atoms with Crippen LogP contribution in [0.15, 0.2) is 30.3 Å². The molecule has 1 aromatic carbocycles. The van der Waals surface area contributed by atoms with E-state index in [-0.39, 0.29) is 0 Å². The Morgan fingerprint density at radius 2 is 2.24 bits per heavy atom. The molecule has 0 aromatic heterocycles. The average Bonchev–Trinajstić information content (AvgIpc) is 2.33. The Kier molecular flexibility index (Phi) is 5.82. The van der Waals surface area contributed by atoms with Gasteiger partial charge in [-0.05, 0) is 23.8 Å². The molecular formula is C13H16O4. The molecule has 4 heteroatoms. The van der Waals surface area contributed by atoms with Gasteiger partial charge in [0.05, 0.1) is 6.61 Å². The first-order chi connectivity index (χ1) is 8.22. The Balaban J connectivity index is 2.50. The minimum atomic E-state index is -0.962. The van der Waals surface area contributed by atoms with Crippen LogP contribution in [-0.4, -0.2) is 31.4 Å². The Labute approximate surface area is 100 Å². The first-order valence-electron chi connectivity index (χ1n) is 5.35. The molecule has 0 fully saturated rings. The largest absolute Gasteiger partial charge is 0.493 e. The van der Waals surface area contributed by atoms with Crippen LogP contribution < -0.4 is 4.74 Å². The van der Waals surface area contributed by atoms with Crippen LogP contribution in [0.1, 0.15) is 12.0 Å². The zero-order valence-corrected chi connectivity index (χ0v) is 9.76. The van der Waals surface area contributed by atoms with Gasteiger partial charge in [0.2, 0.25) is 0 Å². The van der Waals surface area contributed by atoms with Gasteiger partial charge in [-0.15, -0.1) is 0 Å². The van der Waals surface area contributed by atoms with Crippen molar-refractivity contribution in [2.75, 3.05) is 20.3 Å². The number of rotatable bonds is 7. The molecule has 1 N–H and O–H groups in total. The Hall–Kier alpha value is -1.81. The van der Waals surface area contributed by atoms with Gasteiger partial charge < -0.3 is 14.6 Å². The van der Waals surface area contributed by atoms with E-state index < -0.39 is 5.97 Å². The second kappa shape index (κ2) is 7.46. The van der Waals surface area contributed by atoms with Crippen molar-refractivity contribution in [1.29, 1.82) is 0 Å². The molecule has 0 amide bonds. The lowest BCUT2D eigenvalue weighted by Gasteiger charge is -2.06. The third kappa shape index (κ3) is 5.73. The number of hydrogen-bond acceptors (Lipinski definition) is 3. The first kappa shape index (κ1) is 13.3. The summed E-state index contributed by atoms with van der Waals surface area (Å²) in [5, 5.41) is 8.51. The van der Waals surface area contributed by atoms with Crippen LogP contribution >= 0.6 is 0 Å². The zero-order chi connectivity index (χ0) is 12.5. The molecule has 4 nitrogen and oxygen atoms in total. The van der Waals surface area contributed by atoms with Crippen molar-refractivity contribution in [2.24, 2.45) is 0 Å².